The van der Waals surface area contributed by atoms with Gasteiger partial charge in [-0.2, -0.15) is 0 Å². The molecule has 0 aliphatic rings. The minimum absolute atomic E-state index is 0.821. The summed E-state index contributed by atoms with van der Waals surface area (Å²) < 4.78 is 0. The molecule has 0 saturated carbocycles. The first-order valence-electron chi connectivity index (χ1n) is 10.5. The maximum atomic E-state index is 6.23. The smallest absolute Gasteiger partial charge is 0.0393 e. The SMILES string of the molecule is Cc1cc(Cc2cccc(-c3c(C)cc(C)cc3C)c2)cc(-c2ccccc2N)c1. The summed E-state index contributed by atoms with van der Waals surface area (Å²) in [4.78, 5) is 0. The number of nitrogen functional groups attached to an aromatic ring is 1. The molecule has 4 rings (SSSR count). The van der Waals surface area contributed by atoms with Crippen molar-refractivity contribution in [3.63, 3.8) is 0 Å². The third kappa shape index (κ3) is 4.16. The van der Waals surface area contributed by atoms with E-state index in [1.54, 1.807) is 0 Å². The van der Waals surface area contributed by atoms with Crippen molar-refractivity contribution >= 4 is 5.69 Å². The van der Waals surface area contributed by atoms with Gasteiger partial charge in [-0.25, -0.2) is 0 Å². The fourth-order valence-corrected chi connectivity index (χ4v) is 4.59. The zero-order chi connectivity index (χ0) is 21.3. The van der Waals surface area contributed by atoms with Gasteiger partial charge < -0.3 is 5.73 Å². The Hall–Kier alpha value is -3.32. The summed E-state index contributed by atoms with van der Waals surface area (Å²) in [5.74, 6) is 0. The van der Waals surface area contributed by atoms with Crippen LogP contribution in [-0.2, 0) is 6.42 Å². The van der Waals surface area contributed by atoms with E-state index < -0.39 is 0 Å². The summed E-state index contributed by atoms with van der Waals surface area (Å²) >= 11 is 0. The lowest BCUT2D eigenvalue weighted by Gasteiger charge is -2.14. The van der Waals surface area contributed by atoms with Crippen LogP contribution in [0.3, 0.4) is 0 Å². The summed E-state index contributed by atoms with van der Waals surface area (Å²) in [5.41, 5.74) is 19.9. The first-order valence-corrected chi connectivity index (χ1v) is 10.5. The molecule has 0 radical (unpaired) electrons. The van der Waals surface area contributed by atoms with E-state index in [0.29, 0.717) is 0 Å². The lowest BCUT2D eigenvalue weighted by Crippen LogP contribution is -1.95. The van der Waals surface area contributed by atoms with Crippen molar-refractivity contribution in [1.82, 2.24) is 0 Å². The molecule has 1 heteroatoms. The van der Waals surface area contributed by atoms with E-state index >= 15 is 0 Å². The quantitative estimate of drug-likeness (QED) is 0.360. The van der Waals surface area contributed by atoms with Gasteiger partial charge in [0.2, 0.25) is 0 Å². The molecule has 0 saturated heterocycles. The van der Waals surface area contributed by atoms with Gasteiger partial charge in [0.1, 0.15) is 0 Å². The zero-order valence-electron chi connectivity index (χ0n) is 18.3. The first-order chi connectivity index (χ1) is 14.4. The van der Waals surface area contributed by atoms with Crippen molar-refractivity contribution in [1.29, 1.82) is 0 Å². The third-order valence-electron chi connectivity index (χ3n) is 5.71. The van der Waals surface area contributed by atoms with E-state index in [4.69, 9.17) is 5.73 Å². The molecule has 150 valence electrons. The Morgan fingerprint density at radius 3 is 2.00 bits per heavy atom. The second kappa shape index (κ2) is 8.20. The molecule has 4 aromatic carbocycles. The van der Waals surface area contributed by atoms with Crippen LogP contribution in [0.25, 0.3) is 22.3 Å². The average molecular weight is 392 g/mol. The van der Waals surface area contributed by atoms with Gasteiger partial charge in [-0.1, -0.05) is 83.9 Å². The second-order valence-corrected chi connectivity index (χ2v) is 8.45. The normalized spacial score (nSPS) is 10.9. The van der Waals surface area contributed by atoms with Gasteiger partial charge in [0.25, 0.3) is 0 Å². The Morgan fingerprint density at radius 1 is 0.600 bits per heavy atom. The molecule has 0 heterocycles. The van der Waals surface area contributed by atoms with Crippen LogP contribution in [0.4, 0.5) is 5.69 Å². The van der Waals surface area contributed by atoms with Crippen molar-refractivity contribution < 1.29 is 0 Å². The third-order valence-corrected chi connectivity index (χ3v) is 5.71. The topological polar surface area (TPSA) is 26.0 Å². The Labute approximate surface area is 180 Å². The number of hydrogen-bond acceptors (Lipinski definition) is 1. The van der Waals surface area contributed by atoms with Crippen molar-refractivity contribution in [2.24, 2.45) is 0 Å². The van der Waals surface area contributed by atoms with Gasteiger partial charge in [-0.3, -0.25) is 0 Å². The van der Waals surface area contributed by atoms with E-state index in [9.17, 15) is 0 Å². The van der Waals surface area contributed by atoms with Crippen LogP contribution >= 0.6 is 0 Å². The van der Waals surface area contributed by atoms with Crippen LogP contribution in [0.15, 0.2) is 78.9 Å². The standard InChI is InChI=1S/C29H29N/c1-19-12-21(3)29(22(4)13-19)25-9-7-8-23(17-25)16-24-14-20(2)15-26(18-24)27-10-5-6-11-28(27)30/h5-15,17-18H,16,30H2,1-4H3. The lowest BCUT2D eigenvalue weighted by atomic mass is 9.91. The van der Waals surface area contributed by atoms with Crippen LogP contribution in [0.2, 0.25) is 0 Å². The van der Waals surface area contributed by atoms with Crippen LogP contribution in [0, 0.1) is 27.7 Å². The average Bonchev–Trinajstić information content (AvgIpc) is 2.67. The molecule has 0 atom stereocenters. The Bertz CT molecular complexity index is 1190. The lowest BCUT2D eigenvalue weighted by molar-refractivity contribution is 1.18. The molecule has 30 heavy (non-hydrogen) atoms. The Balaban J connectivity index is 1.70. The maximum Gasteiger partial charge on any atom is 0.0393 e. The fraction of sp³-hybridized carbons (Fsp3) is 0.172. The number of aryl methyl sites for hydroxylation is 4. The minimum Gasteiger partial charge on any atom is -0.398 e. The van der Waals surface area contributed by atoms with Crippen LogP contribution in [-0.4, -0.2) is 0 Å². The van der Waals surface area contributed by atoms with Gasteiger partial charge in [0.05, 0.1) is 0 Å². The predicted octanol–water partition coefficient (Wildman–Crippen LogP) is 7.43. The molecule has 0 aliphatic heterocycles. The summed E-state index contributed by atoms with van der Waals surface area (Å²) in [6.45, 7) is 8.73. The number of hydrogen-bond donors (Lipinski definition) is 1. The van der Waals surface area contributed by atoms with Gasteiger partial charge in [0.15, 0.2) is 0 Å². The molecule has 0 aliphatic carbocycles. The number of benzene rings is 4. The largest absolute Gasteiger partial charge is 0.398 e. The highest BCUT2D eigenvalue weighted by Crippen LogP contribution is 2.31. The number of rotatable bonds is 4. The minimum atomic E-state index is 0.821. The highest BCUT2D eigenvalue weighted by molar-refractivity contribution is 5.77. The predicted molar refractivity (Wildman–Crippen MR) is 130 cm³/mol. The van der Waals surface area contributed by atoms with E-state index in [0.717, 1.165) is 17.7 Å². The first kappa shape index (κ1) is 20.0. The van der Waals surface area contributed by atoms with Crippen molar-refractivity contribution in [3.8, 4) is 22.3 Å². The van der Waals surface area contributed by atoms with Gasteiger partial charge in [-0.05, 0) is 79.1 Å². The molecule has 0 unspecified atom stereocenters. The van der Waals surface area contributed by atoms with Gasteiger partial charge in [0, 0.05) is 11.3 Å². The van der Waals surface area contributed by atoms with Crippen molar-refractivity contribution in [2.75, 3.05) is 5.73 Å². The highest BCUT2D eigenvalue weighted by atomic mass is 14.6. The zero-order valence-corrected chi connectivity index (χ0v) is 18.3. The molecule has 0 bridgehead atoms. The molecule has 2 N–H and O–H groups in total. The van der Waals surface area contributed by atoms with Crippen LogP contribution in [0.5, 0.6) is 0 Å². The Kier molecular flexibility index (Phi) is 5.46. The molecular formula is C29H29N. The summed E-state index contributed by atoms with van der Waals surface area (Å²) in [5, 5.41) is 0. The molecule has 0 aromatic heterocycles. The summed E-state index contributed by atoms with van der Waals surface area (Å²) in [7, 11) is 0. The summed E-state index contributed by atoms with van der Waals surface area (Å²) in [6, 6.07) is 28.3. The van der Waals surface area contributed by atoms with E-state index in [1.807, 2.05) is 18.2 Å². The Morgan fingerprint density at radius 2 is 1.27 bits per heavy atom. The molecule has 0 spiro atoms. The fourth-order valence-electron chi connectivity index (χ4n) is 4.59. The number of nitrogens with two attached hydrogens (primary N) is 1. The van der Waals surface area contributed by atoms with E-state index in [2.05, 4.69) is 88.4 Å². The van der Waals surface area contributed by atoms with Gasteiger partial charge >= 0.3 is 0 Å². The van der Waals surface area contributed by atoms with E-state index in [-0.39, 0.29) is 0 Å². The summed E-state index contributed by atoms with van der Waals surface area (Å²) in [6.07, 6.45) is 0.902. The van der Waals surface area contributed by atoms with E-state index in [1.165, 1.54) is 50.1 Å². The van der Waals surface area contributed by atoms with Crippen molar-refractivity contribution in [3.05, 3.63) is 112 Å². The van der Waals surface area contributed by atoms with Gasteiger partial charge in [-0.15, -0.1) is 0 Å². The monoisotopic (exact) mass is 391 g/mol. The second-order valence-electron chi connectivity index (χ2n) is 8.45. The molecular weight excluding hydrogens is 362 g/mol. The molecule has 0 fully saturated rings. The molecule has 4 aromatic rings. The highest BCUT2D eigenvalue weighted by Gasteiger charge is 2.09. The van der Waals surface area contributed by atoms with Crippen molar-refractivity contribution in [2.45, 2.75) is 34.1 Å². The van der Waals surface area contributed by atoms with Crippen LogP contribution < -0.4 is 5.73 Å². The number of para-hydroxylation sites is 1. The molecule has 0 amide bonds. The maximum absolute atomic E-state index is 6.23. The number of anilines is 1. The molecule has 1 nitrogen and oxygen atoms in total. The van der Waals surface area contributed by atoms with Crippen LogP contribution in [0.1, 0.15) is 33.4 Å².